The molecule has 0 aliphatic carbocycles. The largest absolute Gasteiger partial charge is 0.492 e. The molecule has 0 radical (unpaired) electrons. The Labute approximate surface area is 117 Å². The van der Waals surface area contributed by atoms with Gasteiger partial charge in [0, 0.05) is 22.5 Å². The average Bonchev–Trinajstić information content (AvgIpc) is 2.88. The normalized spacial score (nSPS) is 12.3. The molecule has 1 aromatic carbocycles. The van der Waals surface area contributed by atoms with Crippen molar-refractivity contribution < 1.29 is 4.74 Å². The molecule has 4 heteroatoms. The van der Waals surface area contributed by atoms with Gasteiger partial charge in [-0.15, -0.1) is 11.3 Å². The third-order valence-electron chi connectivity index (χ3n) is 2.59. The molecule has 1 heterocycles. The molecule has 2 aromatic rings. The zero-order valence-corrected chi connectivity index (χ0v) is 11.8. The van der Waals surface area contributed by atoms with Gasteiger partial charge in [-0.05, 0) is 36.6 Å². The second-order valence-electron chi connectivity index (χ2n) is 4.00. The highest BCUT2D eigenvalue weighted by atomic mass is 35.5. The molecule has 1 atom stereocenters. The van der Waals surface area contributed by atoms with Crippen molar-refractivity contribution in [2.45, 2.75) is 13.0 Å². The van der Waals surface area contributed by atoms with Gasteiger partial charge in [0.15, 0.2) is 0 Å². The number of thiophene rings is 1. The Morgan fingerprint density at radius 1 is 1.33 bits per heavy atom. The van der Waals surface area contributed by atoms with E-state index in [-0.39, 0.29) is 0 Å². The molecule has 0 aliphatic rings. The van der Waals surface area contributed by atoms with Crippen LogP contribution in [0.15, 0.2) is 41.8 Å². The predicted molar refractivity (Wildman–Crippen MR) is 77.7 cm³/mol. The number of hydrogen-bond acceptors (Lipinski definition) is 3. The van der Waals surface area contributed by atoms with Crippen LogP contribution >= 0.6 is 22.9 Å². The maximum atomic E-state index is 5.88. The molecule has 0 saturated carbocycles. The second kappa shape index (κ2) is 6.78. The number of ether oxygens (including phenoxy) is 1. The van der Waals surface area contributed by atoms with E-state index in [1.54, 1.807) is 11.3 Å². The number of hydrogen-bond donors (Lipinski definition) is 1. The van der Waals surface area contributed by atoms with Crippen molar-refractivity contribution >= 4 is 22.9 Å². The van der Waals surface area contributed by atoms with Gasteiger partial charge in [-0.2, -0.15) is 0 Å². The molecule has 1 unspecified atom stereocenters. The van der Waals surface area contributed by atoms with E-state index in [1.807, 2.05) is 24.3 Å². The molecule has 18 heavy (non-hydrogen) atoms. The molecule has 0 bridgehead atoms. The zero-order valence-electron chi connectivity index (χ0n) is 10.2. The average molecular weight is 282 g/mol. The highest BCUT2D eigenvalue weighted by molar-refractivity contribution is 7.10. The second-order valence-corrected chi connectivity index (χ2v) is 5.41. The van der Waals surface area contributed by atoms with Crippen molar-refractivity contribution in [3.8, 4) is 5.75 Å². The first-order chi connectivity index (χ1) is 8.75. The van der Waals surface area contributed by atoms with Crippen molar-refractivity contribution in [1.82, 2.24) is 5.32 Å². The van der Waals surface area contributed by atoms with Crippen LogP contribution in [0.1, 0.15) is 17.8 Å². The van der Waals surface area contributed by atoms with Gasteiger partial charge in [-0.25, -0.2) is 0 Å². The Morgan fingerprint density at radius 3 is 2.94 bits per heavy atom. The van der Waals surface area contributed by atoms with Crippen molar-refractivity contribution in [2.75, 3.05) is 13.2 Å². The summed E-state index contributed by atoms with van der Waals surface area (Å²) in [4.78, 5) is 1.35. The number of nitrogens with one attached hydrogen (secondary N) is 1. The Balaban J connectivity index is 1.70. The van der Waals surface area contributed by atoms with Crippen LogP contribution in [0, 0.1) is 0 Å². The summed E-state index contributed by atoms with van der Waals surface area (Å²) in [7, 11) is 0. The molecule has 0 aliphatic heterocycles. The molecule has 0 amide bonds. The molecular formula is C14H16ClNOS. The fourth-order valence-corrected chi connectivity index (χ4v) is 2.58. The highest BCUT2D eigenvalue weighted by Gasteiger charge is 2.04. The van der Waals surface area contributed by atoms with Crippen LogP contribution in [-0.2, 0) is 0 Å². The van der Waals surface area contributed by atoms with Gasteiger partial charge in [0.25, 0.3) is 0 Å². The summed E-state index contributed by atoms with van der Waals surface area (Å²) in [5, 5.41) is 6.22. The minimum absolute atomic E-state index is 0.368. The maximum Gasteiger partial charge on any atom is 0.120 e. The number of benzene rings is 1. The zero-order chi connectivity index (χ0) is 12.8. The van der Waals surface area contributed by atoms with Crippen molar-refractivity contribution in [1.29, 1.82) is 0 Å². The fourth-order valence-electron chi connectivity index (χ4n) is 1.64. The fraction of sp³-hybridized carbons (Fsp3) is 0.286. The molecule has 0 fully saturated rings. The van der Waals surface area contributed by atoms with Gasteiger partial charge in [0.05, 0.1) is 0 Å². The van der Waals surface area contributed by atoms with Crippen LogP contribution in [0.25, 0.3) is 0 Å². The van der Waals surface area contributed by atoms with Crippen LogP contribution in [0.2, 0.25) is 5.02 Å². The van der Waals surface area contributed by atoms with Gasteiger partial charge in [-0.1, -0.05) is 23.7 Å². The lowest BCUT2D eigenvalue weighted by molar-refractivity contribution is 0.308. The SMILES string of the molecule is CC(NCCOc1cccc(Cl)c1)c1cccs1. The summed E-state index contributed by atoms with van der Waals surface area (Å²) in [6.07, 6.45) is 0. The molecule has 0 saturated heterocycles. The smallest absolute Gasteiger partial charge is 0.120 e. The van der Waals surface area contributed by atoms with E-state index < -0.39 is 0 Å². The lowest BCUT2D eigenvalue weighted by Crippen LogP contribution is -2.23. The van der Waals surface area contributed by atoms with Crippen molar-refractivity contribution in [2.24, 2.45) is 0 Å². The summed E-state index contributed by atoms with van der Waals surface area (Å²) in [5.41, 5.74) is 0. The summed E-state index contributed by atoms with van der Waals surface area (Å²) < 4.78 is 5.61. The summed E-state index contributed by atoms with van der Waals surface area (Å²) in [6.45, 7) is 3.60. The number of halogens is 1. The van der Waals surface area contributed by atoms with Crippen LogP contribution < -0.4 is 10.1 Å². The van der Waals surface area contributed by atoms with Crippen LogP contribution in [-0.4, -0.2) is 13.2 Å². The van der Waals surface area contributed by atoms with Gasteiger partial charge in [-0.3, -0.25) is 0 Å². The molecule has 1 aromatic heterocycles. The van der Waals surface area contributed by atoms with Gasteiger partial charge in [0.2, 0.25) is 0 Å². The molecule has 0 spiro atoms. The Bertz CT molecular complexity index is 472. The van der Waals surface area contributed by atoms with Crippen LogP contribution in [0.3, 0.4) is 0 Å². The molecule has 96 valence electrons. The van der Waals surface area contributed by atoms with E-state index in [4.69, 9.17) is 16.3 Å². The first-order valence-corrected chi connectivity index (χ1v) is 7.16. The Kier molecular flexibility index (Phi) is 5.05. The summed E-state index contributed by atoms with van der Waals surface area (Å²) in [5.74, 6) is 0.813. The van der Waals surface area contributed by atoms with Crippen molar-refractivity contribution in [3.05, 3.63) is 51.7 Å². The molecule has 2 rings (SSSR count). The maximum absolute atomic E-state index is 5.88. The minimum atomic E-state index is 0.368. The van der Waals surface area contributed by atoms with E-state index in [0.717, 1.165) is 12.3 Å². The third-order valence-corrected chi connectivity index (χ3v) is 3.88. The topological polar surface area (TPSA) is 21.3 Å². The van der Waals surface area contributed by atoms with Gasteiger partial charge in [0.1, 0.15) is 12.4 Å². The van der Waals surface area contributed by atoms with E-state index in [1.165, 1.54) is 4.88 Å². The Hall–Kier alpha value is -1.03. The molecule has 1 N–H and O–H groups in total. The van der Waals surface area contributed by atoms with E-state index in [9.17, 15) is 0 Å². The Morgan fingerprint density at radius 2 is 2.22 bits per heavy atom. The predicted octanol–water partition coefficient (Wildman–Crippen LogP) is 4.13. The van der Waals surface area contributed by atoms with Crippen LogP contribution in [0.4, 0.5) is 0 Å². The lowest BCUT2D eigenvalue weighted by atomic mass is 10.3. The lowest BCUT2D eigenvalue weighted by Gasteiger charge is -2.12. The minimum Gasteiger partial charge on any atom is -0.492 e. The van der Waals surface area contributed by atoms with E-state index in [2.05, 4.69) is 29.8 Å². The van der Waals surface area contributed by atoms with E-state index >= 15 is 0 Å². The molecule has 2 nitrogen and oxygen atoms in total. The number of rotatable bonds is 6. The first-order valence-electron chi connectivity index (χ1n) is 5.91. The van der Waals surface area contributed by atoms with Gasteiger partial charge < -0.3 is 10.1 Å². The van der Waals surface area contributed by atoms with Gasteiger partial charge >= 0.3 is 0 Å². The van der Waals surface area contributed by atoms with E-state index in [0.29, 0.717) is 17.7 Å². The monoisotopic (exact) mass is 281 g/mol. The van der Waals surface area contributed by atoms with Crippen molar-refractivity contribution in [3.63, 3.8) is 0 Å². The highest BCUT2D eigenvalue weighted by Crippen LogP contribution is 2.18. The quantitative estimate of drug-likeness (QED) is 0.804. The summed E-state index contributed by atoms with van der Waals surface area (Å²) >= 11 is 7.65. The first kappa shape index (κ1) is 13.4. The van der Waals surface area contributed by atoms with Crippen LogP contribution in [0.5, 0.6) is 5.75 Å². The third kappa shape index (κ3) is 4.02. The standard InChI is InChI=1S/C14H16ClNOS/c1-11(14-6-3-9-18-14)16-7-8-17-13-5-2-4-12(15)10-13/h2-6,9-11,16H,7-8H2,1H3. The molecular weight excluding hydrogens is 266 g/mol. The summed E-state index contributed by atoms with van der Waals surface area (Å²) in [6, 6.07) is 12.0.